The number of H-pyrrole nitrogens is 1. The summed E-state index contributed by atoms with van der Waals surface area (Å²) >= 11 is 7.29. The summed E-state index contributed by atoms with van der Waals surface area (Å²) in [5.41, 5.74) is 2.36. The summed E-state index contributed by atoms with van der Waals surface area (Å²) in [6, 6.07) is 14.6. The summed E-state index contributed by atoms with van der Waals surface area (Å²) in [4.78, 5) is 28.7. The van der Waals surface area contributed by atoms with Crippen LogP contribution in [-0.4, -0.2) is 33.2 Å². The van der Waals surface area contributed by atoms with Crippen LogP contribution in [0.15, 0.2) is 53.7 Å². The quantitative estimate of drug-likeness (QED) is 0.490. The maximum atomic E-state index is 12.4. The summed E-state index contributed by atoms with van der Waals surface area (Å²) in [5, 5.41) is 10.5. The van der Waals surface area contributed by atoms with Crippen molar-refractivity contribution in [2.45, 2.75) is 23.4 Å². The fraction of sp³-hybridized carbons (Fsp3) is 0.158. The minimum Gasteiger partial charge on any atom is -0.448 e. The number of aromatic amines is 1. The van der Waals surface area contributed by atoms with Gasteiger partial charge in [0.1, 0.15) is 0 Å². The van der Waals surface area contributed by atoms with Gasteiger partial charge in [-0.15, -0.1) is 5.10 Å². The molecule has 1 atom stereocenters. The second kappa shape index (κ2) is 8.04. The lowest BCUT2D eigenvalue weighted by molar-refractivity contribution is -0.125. The zero-order chi connectivity index (χ0) is 19.5. The van der Waals surface area contributed by atoms with Crippen molar-refractivity contribution >= 4 is 41.2 Å². The van der Waals surface area contributed by atoms with Gasteiger partial charge in [-0.1, -0.05) is 53.7 Å². The van der Waals surface area contributed by atoms with Gasteiger partial charge in [0.15, 0.2) is 6.10 Å². The van der Waals surface area contributed by atoms with E-state index in [9.17, 15) is 9.59 Å². The van der Waals surface area contributed by atoms with Gasteiger partial charge in [0, 0.05) is 17.2 Å². The van der Waals surface area contributed by atoms with Crippen molar-refractivity contribution in [1.29, 1.82) is 0 Å². The molecule has 2 heterocycles. The molecule has 2 aromatic carbocycles. The maximum absolute atomic E-state index is 12.4. The monoisotopic (exact) mass is 414 g/mol. The molecule has 28 heavy (non-hydrogen) atoms. The SMILES string of the molecule is O=C1O[C@@H](C(=O)Nc2nc(SCc3ccc(Cl)cc3)n[nH]2)Cc2ccccc21. The molecule has 0 saturated carbocycles. The minimum absolute atomic E-state index is 0.207. The van der Waals surface area contributed by atoms with E-state index in [-0.39, 0.29) is 5.95 Å². The molecule has 1 aliphatic rings. The molecule has 3 aromatic rings. The number of aromatic nitrogens is 3. The first-order valence-corrected chi connectivity index (χ1v) is 9.84. The fourth-order valence-corrected chi connectivity index (χ4v) is 3.65. The van der Waals surface area contributed by atoms with Gasteiger partial charge in [0.25, 0.3) is 5.91 Å². The number of nitrogens with one attached hydrogen (secondary N) is 2. The van der Waals surface area contributed by atoms with Crippen molar-refractivity contribution in [3.63, 3.8) is 0 Å². The number of rotatable bonds is 5. The number of carbonyl (C=O) groups excluding carboxylic acids is 2. The van der Waals surface area contributed by atoms with Gasteiger partial charge in [-0.3, -0.25) is 10.1 Å². The lowest BCUT2D eigenvalue weighted by Crippen LogP contribution is -2.38. The Balaban J connectivity index is 1.35. The fourth-order valence-electron chi connectivity index (χ4n) is 2.77. The molecule has 142 valence electrons. The molecule has 1 aromatic heterocycles. The van der Waals surface area contributed by atoms with E-state index in [1.54, 1.807) is 12.1 Å². The molecule has 0 spiro atoms. The van der Waals surface area contributed by atoms with Crippen molar-refractivity contribution in [3.8, 4) is 0 Å². The molecule has 0 radical (unpaired) electrons. The Bertz CT molecular complexity index is 1020. The van der Waals surface area contributed by atoms with Crippen LogP contribution in [0.2, 0.25) is 5.02 Å². The smallest absolute Gasteiger partial charge is 0.339 e. The van der Waals surface area contributed by atoms with E-state index in [4.69, 9.17) is 16.3 Å². The number of carbonyl (C=O) groups is 2. The highest BCUT2D eigenvalue weighted by Gasteiger charge is 2.31. The molecule has 2 N–H and O–H groups in total. The molecule has 0 aliphatic carbocycles. The number of amides is 1. The lowest BCUT2D eigenvalue weighted by atomic mass is 9.98. The lowest BCUT2D eigenvalue weighted by Gasteiger charge is -2.23. The Kier molecular flexibility index (Phi) is 5.31. The number of cyclic esters (lactones) is 1. The maximum Gasteiger partial charge on any atom is 0.339 e. The van der Waals surface area contributed by atoms with Gasteiger partial charge in [-0.2, -0.15) is 4.98 Å². The topological polar surface area (TPSA) is 97.0 Å². The van der Waals surface area contributed by atoms with E-state index in [0.29, 0.717) is 27.9 Å². The number of halogens is 1. The number of hydrogen-bond donors (Lipinski definition) is 2. The standard InChI is InChI=1S/C19H15ClN4O3S/c20-13-7-5-11(6-8-13)10-28-19-22-18(23-24-19)21-16(25)15-9-12-3-1-2-4-14(12)17(26)27-15/h1-8,15H,9-10H2,(H2,21,22,23,24,25)/t15-/m1/s1. The molecule has 0 unspecified atom stereocenters. The third-order valence-electron chi connectivity index (χ3n) is 4.17. The van der Waals surface area contributed by atoms with E-state index in [2.05, 4.69) is 20.5 Å². The van der Waals surface area contributed by atoms with Crippen LogP contribution in [0.3, 0.4) is 0 Å². The minimum atomic E-state index is -0.905. The molecule has 4 rings (SSSR count). The van der Waals surface area contributed by atoms with Crippen LogP contribution in [0.5, 0.6) is 0 Å². The number of anilines is 1. The average Bonchev–Trinajstić information content (AvgIpc) is 3.15. The molecule has 7 nitrogen and oxygen atoms in total. The van der Waals surface area contributed by atoms with Gasteiger partial charge in [0.05, 0.1) is 5.56 Å². The van der Waals surface area contributed by atoms with Gasteiger partial charge < -0.3 is 4.74 Å². The first-order chi connectivity index (χ1) is 13.6. The number of hydrogen-bond acceptors (Lipinski definition) is 6. The Hall–Kier alpha value is -2.84. The van der Waals surface area contributed by atoms with Gasteiger partial charge in [-0.05, 0) is 29.3 Å². The second-order valence-corrected chi connectivity index (χ2v) is 7.51. The van der Waals surface area contributed by atoms with Crippen LogP contribution in [-0.2, 0) is 21.7 Å². The van der Waals surface area contributed by atoms with Gasteiger partial charge in [0.2, 0.25) is 11.1 Å². The predicted octanol–water partition coefficient (Wildman–Crippen LogP) is 3.47. The molecule has 0 bridgehead atoms. The predicted molar refractivity (Wildman–Crippen MR) is 105 cm³/mol. The van der Waals surface area contributed by atoms with Crippen LogP contribution in [0.4, 0.5) is 5.95 Å². The summed E-state index contributed by atoms with van der Waals surface area (Å²) in [6.45, 7) is 0. The van der Waals surface area contributed by atoms with Gasteiger partial charge in [-0.25, -0.2) is 9.89 Å². The second-order valence-electron chi connectivity index (χ2n) is 6.13. The van der Waals surface area contributed by atoms with Crippen LogP contribution in [0, 0.1) is 0 Å². The van der Waals surface area contributed by atoms with Crippen molar-refractivity contribution in [3.05, 3.63) is 70.2 Å². The largest absolute Gasteiger partial charge is 0.448 e. The van der Waals surface area contributed by atoms with Crippen LogP contribution in [0.25, 0.3) is 0 Å². The molecule has 0 saturated heterocycles. The normalized spacial score (nSPS) is 15.6. The Morgan fingerprint density at radius 3 is 2.86 bits per heavy atom. The summed E-state index contributed by atoms with van der Waals surface area (Å²) < 4.78 is 5.24. The number of esters is 1. The number of ether oxygens (including phenoxy) is 1. The Morgan fingerprint density at radius 1 is 1.25 bits per heavy atom. The highest BCUT2D eigenvalue weighted by atomic mass is 35.5. The van der Waals surface area contributed by atoms with E-state index in [1.807, 2.05) is 36.4 Å². The van der Waals surface area contributed by atoms with Crippen molar-refractivity contribution in [2.75, 3.05) is 5.32 Å². The van der Waals surface area contributed by atoms with E-state index in [1.165, 1.54) is 11.8 Å². The Morgan fingerprint density at radius 2 is 2.04 bits per heavy atom. The van der Waals surface area contributed by atoms with E-state index in [0.717, 1.165) is 11.1 Å². The van der Waals surface area contributed by atoms with E-state index >= 15 is 0 Å². The average molecular weight is 415 g/mol. The van der Waals surface area contributed by atoms with Crippen molar-refractivity contribution in [1.82, 2.24) is 15.2 Å². The first kappa shape index (κ1) is 18.5. The summed E-state index contributed by atoms with van der Waals surface area (Å²) in [5.74, 6) is -0.0788. The number of nitrogens with zero attached hydrogens (tertiary/aromatic N) is 2. The molecular formula is C19H15ClN4O3S. The third-order valence-corrected chi connectivity index (χ3v) is 5.34. The zero-order valence-electron chi connectivity index (χ0n) is 14.5. The molecule has 1 amide bonds. The Labute approximate surface area is 169 Å². The molecule has 1 aliphatic heterocycles. The molecule has 0 fully saturated rings. The van der Waals surface area contributed by atoms with Crippen LogP contribution < -0.4 is 5.32 Å². The third kappa shape index (κ3) is 4.18. The van der Waals surface area contributed by atoms with Crippen LogP contribution >= 0.6 is 23.4 Å². The highest BCUT2D eigenvalue weighted by Crippen LogP contribution is 2.23. The highest BCUT2D eigenvalue weighted by molar-refractivity contribution is 7.98. The van der Waals surface area contributed by atoms with Crippen LogP contribution in [0.1, 0.15) is 21.5 Å². The summed E-state index contributed by atoms with van der Waals surface area (Å²) in [6.07, 6.45) is -0.585. The first-order valence-electron chi connectivity index (χ1n) is 8.48. The van der Waals surface area contributed by atoms with Gasteiger partial charge >= 0.3 is 5.97 Å². The number of benzene rings is 2. The zero-order valence-corrected chi connectivity index (χ0v) is 16.1. The van der Waals surface area contributed by atoms with Crippen molar-refractivity contribution in [2.24, 2.45) is 0 Å². The molecular weight excluding hydrogens is 400 g/mol. The molecule has 9 heteroatoms. The van der Waals surface area contributed by atoms with E-state index < -0.39 is 18.0 Å². The summed E-state index contributed by atoms with van der Waals surface area (Å²) in [7, 11) is 0. The number of fused-ring (bicyclic) bond motifs is 1. The number of thioether (sulfide) groups is 1. The van der Waals surface area contributed by atoms with Crippen molar-refractivity contribution < 1.29 is 14.3 Å².